The molecule has 68 heavy (non-hydrogen) atoms. The van der Waals surface area contributed by atoms with Crippen LogP contribution in [0.25, 0.3) is 18.2 Å². The summed E-state index contributed by atoms with van der Waals surface area (Å²) in [5.74, 6) is 0. The maximum atomic E-state index is 17.0. The van der Waals surface area contributed by atoms with Gasteiger partial charge in [0.15, 0.2) is 0 Å². The third-order valence-corrected chi connectivity index (χ3v) is 13.8. The average molecular weight is 954 g/mol. The van der Waals surface area contributed by atoms with E-state index in [1.54, 1.807) is 0 Å². The van der Waals surface area contributed by atoms with Crippen molar-refractivity contribution in [3.05, 3.63) is 123 Å². The topological polar surface area (TPSA) is 160 Å². The fourth-order valence-corrected chi connectivity index (χ4v) is 11.8. The molecule has 3 aliphatic carbocycles. The summed E-state index contributed by atoms with van der Waals surface area (Å²) in [6.45, 7) is 22.8. The van der Waals surface area contributed by atoms with Crippen LogP contribution >= 0.6 is 7.82 Å². The molecule has 13 nitrogen and oxygen atoms in total. The molecule has 0 aliphatic heterocycles. The molecule has 3 aromatic rings. The molecule has 0 fully saturated rings. The van der Waals surface area contributed by atoms with E-state index in [1.807, 2.05) is 174 Å². The first-order valence-electron chi connectivity index (χ1n) is 23.9. The van der Waals surface area contributed by atoms with Crippen LogP contribution in [0.5, 0.6) is 0 Å². The summed E-state index contributed by atoms with van der Waals surface area (Å²) in [5, 5.41) is 8.69. The van der Waals surface area contributed by atoms with Crippen LogP contribution in [0.3, 0.4) is 0 Å². The van der Waals surface area contributed by atoms with Crippen LogP contribution in [0.1, 0.15) is 155 Å². The van der Waals surface area contributed by atoms with E-state index in [-0.39, 0.29) is 19.6 Å². The van der Waals surface area contributed by atoms with Gasteiger partial charge in [0.1, 0.15) is 33.6 Å². The van der Waals surface area contributed by atoms with Crippen molar-refractivity contribution in [3.8, 4) is 0 Å². The van der Waals surface area contributed by atoms with Crippen molar-refractivity contribution >= 4 is 44.3 Å². The number of benzene rings is 3. The van der Waals surface area contributed by atoms with Crippen LogP contribution in [0.4, 0.5) is 14.4 Å². The van der Waals surface area contributed by atoms with Gasteiger partial charge in [0.25, 0.3) is 0 Å². The van der Waals surface area contributed by atoms with Gasteiger partial charge in [-0.2, -0.15) is 0 Å². The Morgan fingerprint density at radius 2 is 0.706 bits per heavy atom. The van der Waals surface area contributed by atoms with Crippen molar-refractivity contribution in [2.45, 2.75) is 155 Å². The molecule has 6 rings (SSSR count). The minimum Gasteiger partial charge on any atom is -0.444 e. The predicted octanol–water partition coefficient (Wildman–Crippen LogP) is 13.0. The van der Waals surface area contributed by atoms with Crippen molar-refractivity contribution in [2.75, 3.05) is 19.6 Å². The summed E-state index contributed by atoms with van der Waals surface area (Å²) in [5.41, 5.74) is 1.21. The minimum atomic E-state index is -4.89. The Morgan fingerprint density at radius 3 is 0.941 bits per heavy atom. The first-order valence-corrected chi connectivity index (χ1v) is 25.4. The number of nitrogens with one attached hydrogen (secondary N) is 3. The summed E-state index contributed by atoms with van der Waals surface area (Å²) in [4.78, 5) is 38.7. The number of rotatable bonds is 18. The molecular formula is C54H72N3O10P. The van der Waals surface area contributed by atoms with Gasteiger partial charge < -0.3 is 30.2 Å². The van der Waals surface area contributed by atoms with Gasteiger partial charge >= 0.3 is 26.1 Å². The molecule has 3 unspecified atom stereocenters. The van der Waals surface area contributed by atoms with Crippen LogP contribution in [-0.2, 0) is 49.2 Å². The Hall–Kier alpha value is -5.20. The van der Waals surface area contributed by atoms with E-state index < -0.39 is 59.7 Å². The van der Waals surface area contributed by atoms with E-state index >= 15 is 4.57 Å². The maximum absolute atomic E-state index is 17.0. The molecule has 3 N–H and O–H groups in total. The Labute approximate surface area is 403 Å². The highest BCUT2D eigenvalue weighted by Crippen LogP contribution is 2.69. The van der Waals surface area contributed by atoms with Gasteiger partial charge in [-0.1, -0.05) is 112 Å². The highest BCUT2D eigenvalue weighted by Gasteiger charge is 2.57. The van der Waals surface area contributed by atoms with E-state index in [4.69, 9.17) is 27.8 Å². The van der Waals surface area contributed by atoms with Gasteiger partial charge in [-0.05, 0) is 151 Å². The summed E-state index contributed by atoms with van der Waals surface area (Å²) < 4.78 is 55.9. The molecule has 0 saturated heterocycles. The first kappa shape index (κ1) is 52.2. The monoisotopic (exact) mass is 953 g/mol. The van der Waals surface area contributed by atoms with Gasteiger partial charge in [-0.3, -0.25) is 13.6 Å². The fourth-order valence-electron chi connectivity index (χ4n) is 9.46. The molecule has 3 atom stereocenters. The number of hydrogen-bond donors (Lipinski definition) is 3. The number of ether oxygens (including phenoxy) is 3. The van der Waals surface area contributed by atoms with E-state index in [1.165, 1.54) is 0 Å². The Balaban J connectivity index is 1.47. The third kappa shape index (κ3) is 11.8. The van der Waals surface area contributed by atoms with Crippen molar-refractivity contribution in [1.82, 2.24) is 16.0 Å². The number of hydrogen-bond acceptors (Lipinski definition) is 10. The SMILES string of the molecule is CCC1(OP(=O)(OC2(CC)C(CCNC(=O)OC(C)(C)C)=Cc3ccccc32)OC2(CC)C(CCNC(=O)OC(C)(C)C)=Cc3ccccc32)C(CCNC(=O)OC(C)(C)C)=Cc2ccccc21. The second kappa shape index (κ2) is 20.4. The lowest BCUT2D eigenvalue weighted by atomic mass is 9.86. The summed E-state index contributed by atoms with van der Waals surface area (Å²) in [6, 6.07) is 23.5. The quantitative estimate of drug-likeness (QED) is 0.0827. The molecule has 0 aromatic heterocycles. The number of alkyl carbamates (subject to hydrolysis) is 3. The Morgan fingerprint density at radius 1 is 0.456 bits per heavy atom. The summed E-state index contributed by atoms with van der Waals surface area (Å²) in [7, 11) is -4.89. The first-order chi connectivity index (χ1) is 31.9. The second-order valence-electron chi connectivity index (χ2n) is 20.6. The zero-order chi connectivity index (χ0) is 49.8. The van der Waals surface area contributed by atoms with Crippen LogP contribution in [-0.4, -0.2) is 54.7 Å². The zero-order valence-corrected chi connectivity index (χ0v) is 42.9. The molecule has 0 radical (unpaired) electrons. The molecule has 3 aromatic carbocycles. The molecule has 0 bridgehead atoms. The second-order valence-corrected chi connectivity index (χ2v) is 22.0. The van der Waals surface area contributed by atoms with Crippen molar-refractivity contribution in [1.29, 1.82) is 0 Å². The van der Waals surface area contributed by atoms with Gasteiger partial charge in [-0.25, -0.2) is 18.9 Å². The molecule has 3 amide bonds. The number of phosphoric acid groups is 1. The smallest absolute Gasteiger partial charge is 0.444 e. The van der Waals surface area contributed by atoms with E-state index in [0.717, 1.165) is 50.1 Å². The number of amides is 3. The van der Waals surface area contributed by atoms with E-state index in [9.17, 15) is 14.4 Å². The van der Waals surface area contributed by atoms with Crippen LogP contribution in [0.2, 0.25) is 0 Å². The molecule has 0 spiro atoms. The normalized spacial score (nSPS) is 21.6. The highest BCUT2D eigenvalue weighted by molar-refractivity contribution is 7.48. The van der Waals surface area contributed by atoms with Gasteiger partial charge in [0.05, 0.1) is 0 Å². The lowest BCUT2D eigenvalue weighted by Gasteiger charge is -2.44. The van der Waals surface area contributed by atoms with Gasteiger partial charge in [0.2, 0.25) is 0 Å². The van der Waals surface area contributed by atoms with Crippen molar-refractivity contribution in [3.63, 3.8) is 0 Å². The largest absolute Gasteiger partial charge is 0.478 e. The maximum Gasteiger partial charge on any atom is 0.478 e. The van der Waals surface area contributed by atoms with Gasteiger partial charge in [-0.15, -0.1) is 0 Å². The Kier molecular flexibility index (Phi) is 15.7. The number of carbonyl (C=O) groups excluding carboxylic acids is 3. The summed E-state index contributed by atoms with van der Waals surface area (Å²) >= 11 is 0. The molecular weight excluding hydrogens is 882 g/mol. The highest BCUT2D eigenvalue weighted by atomic mass is 31.2. The van der Waals surface area contributed by atoms with Crippen molar-refractivity contribution < 1.29 is 46.7 Å². The number of carbonyl (C=O) groups is 3. The van der Waals surface area contributed by atoms with Crippen molar-refractivity contribution in [2.24, 2.45) is 0 Å². The van der Waals surface area contributed by atoms with Gasteiger partial charge in [0, 0.05) is 19.6 Å². The number of fused-ring (bicyclic) bond motifs is 3. The van der Waals surface area contributed by atoms with Crippen LogP contribution in [0, 0.1) is 0 Å². The summed E-state index contributed by atoms with van der Waals surface area (Å²) in [6.07, 6.45) is 6.40. The minimum absolute atomic E-state index is 0.208. The molecule has 14 heteroatoms. The fraction of sp³-hybridized carbons (Fsp3) is 0.500. The lowest BCUT2D eigenvalue weighted by Crippen LogP contribution is -2.39. The molecule has 0 heterocycles. The predicted molar refractivity (Wildman–Crippen MR) is 267 cm³/mol. The average Bonchev–Trinajstić information content (AvgIpc) is 3.83. The molecule has 3 aliphatic rings. The standard InChI is InChI=1S/C54H72N3O10P/c1-13-52(40(34-37-22-16-19-25-43(37)52)28-31-55-46(58)62-49(4,5)6)65-68(61,66-53(14-2)41(35-38-23-17-20-26-44(38)53)29-32-56-47(59)63-50(7,8)9)67-54(15-3)42(36-39-24-18-21-27-45(39)54)30-33-57-48(60)64-51(10,11)12/h16-27,34-36H,13-15,28-33H2,1-12H3,(H,55,58)(H,56,59)(H,57,60). The van der Waals surface area contributed by atoms with E-state index in [2.05, 4.69) is 16.0 Å². The third-order valence-electron chi connectivity index (χ3n) is 12.2. The van der Waals surface area contributed by atoms with Crippen LogP contribution < -0.4 is 16.0 Å². The Bertz CT molecular complexity index is 2220. The zero-order valence-electron chi connectivity index (χ0n) is 42.1. The molecule has 368 valence electrons. The lowest BCUT2D eigenvalue weighted by molar-refractivity contribution is -0.0490. The van der Waals surface area contributed by atoms with Crippen LogP contribution in [0.15, 0.2) is 89.5 Å². The molecule has 0 saturated carbocycles. The number of phosphoric ester groups is 1. The van der Waals surface area contributed by atoms with E-state index in [0.29, 0.717) is 38.5 Å².